The Labute approximate surface area is 146 Å². The molecule has 2 amide bonds. The number of carbonyl (C=O) groups is 2. The molecule has 0 saturated carbocycles. The minimum atomic E-state index is -0.189. The SMILES string of the molecule is CCC(=O)Nc1cccc(NC(=O)CNc2ccc(C)c(Cl)c2)c1. The molecule has 126 valence electrons. The molecule has 6 heteroatoms. The van der Waals surface area contributed by atoms with Gasteiger partial charge in [-0.3, -0.25) is 9.59 Å². The monoisotopic (exact) mass is 345 g/mol. The third-order valence-electron chi connectivity index (χ3n) is 3.38. The molecule has 0 aliphatic rings. The smallest absolute Gasteiger partial charge is 0.243 e. The van der Waals surface area contributed by atoms with Crippen molar-refractivity contribution in [2.75, 3.05) is 22.5 Å². The van der Waals surface area contributed by atoms with E-state index in [9.17, 15) is 9.59 Å². The minimum Gasteiger partial charge on any atom is -0.376 e. The molecule has 24 heavy (non-hydrogen) atoms. The van der Waals surface area contributed by atoms with Gasteiger partial charge in [-0.1, -0.05) is 30.7 Å². The highest BCUT2D eigenvalue weighted by molar-refractivity contribution is 6.31. The molecule has 0 spiro atoms. The summed E-state index contributed by atoms with van der Waals surface area (Å²) < 4.78 is 0. The molecule has 0 unspecified atom stereocenters. The average molecular weight is 346 g/mol. The molecule has 2 aromatic carbocycles. The minimum absolute atomic E-state index is 0.0728. The lowest BCUT2D eigenvalue weighted by Gasteiger charge is -2.10. The Morgan fingerprint density at radius 3 is 2.25 bits per heavy atom. The van der Waals surface area contributed by atoms with Crippen LogP contribution < -0.4 is 16.0 Å². The summed E-state index contributed by atoms with van der Waals surface area (Å²) in [6, 6.07) is 12.6. The lowest BCUT2D eigenvalue weighted by atomic mass is 10.2. The number of hydrogen-bond donors (Lipinski definition) is 3. The van der Waals surface area contributed by atoms with Gasteiger partial charge in [0.1, 0.15) is 0 Å². The second-order valence-corrected chi connectivity index (χ2v) is 5.76. The van der Waals surface area contributed by atoms with Crippen LogP contribution in [0.3, 0.4) is 0 Å². The van der Waals surface area contributed by atoms with Crippen LogP contribution in [0.25, 0.3) is 0 Å². The quantitative estimate of drug-likeness (QED) is 0.739. The zero-order valence-corrected chi connectivity index (χ0v) is 14.4. The number of rotatable bonds is 6. The van der Waals surface area contributed by atoms with E-state index in [2.05, 4.69) is 16.0 Å². The summed E-state index contributed by atoms with van der Waals surface area (Å²) in [6.07, 6.45) is 0.402. The molecule has 2 rings (SSSR count). The summed E-state index contributed by atoms with van der Waals surface area (Å²) in [7, 11) is 0. The van der Waals surface area contributed by atoms with Gasteiger partial charge in [-0.15, -0.1) is 0 Å². The van der Waals surface area contributed by atoms with Gasteiger partial charge in [-0.05, 0) is 42.8 Å². The molecule has 0 aliphatic carbocycles. The Hall–Kier alpha value is -2.53. The largest absolute Gasteiger partial charge is 0.376 e. The number of anilines is 3. The molecule has 0 saturated heterocycles. The fourth-order valence-corrected chi connectivity index (χ4v) is 2.19. The standard InChI is InChI=1S/C18H20ClN3O2/c1-3-17(23)21-14-5-4-6-15(9-14)22-18(24)11-20-13-8-7-12(2)16(19)10-13/h4-10,20H,3,11H2,1-2H3,(H,21,23)(H,22,24). The summed E-state index contributed by atoms with van der Waals surface area (Å²) in [5.41, 5.74) is 3.04. The van der Waals surface area contributed by atoms with E-state index in [4.69, 9.17) is 11.6 Å². The maximum Gasteiger partial charge on any atom is 0.243 e. The molecule has 2 aromatic rings. The molecule has 0 aromatic heterocycles. The number of hydrogen-bond acceptors (Lipinski definition) is 3. The summed E-state index contributed by atoms with van der Waals surface area (Å²) in [4.78, 5) is 23.4. The van der Waals surface area contributed by atoms with Crippen molar-refractivity contribution in [3.05, 3.63) is 53.1 Å². The molecule has 0 heterocycles. The average Bonchev–Trinajstić information content (AvgIpc) is 2.56. The van der Waals surface area contributed by atoms with Crippen LogP contribution in [-0.4, -0.2) is 18.4 Å². The molecule has 5 nitrogen and oxygen atoms in total. The van der Waals surface area contributed by atoms with Gasteiger partial charge in [0.25, 0.3) is 0 Å². The van der Waals surface area contributed by atoms with Gasteiger partial charge in [0.05, 0.1) is 6.54 Å². The fraction of sp³-hybridized carbons (Fsp3) is 0.222. The lowest BCUT2D eigenvalue weighted by Crippen LogP contribution is -2.21. The first-order chi connectivity index (χ1) is 11.5. The van der Waals surface area contributed by atoms with Crippen LogP contribution in [0.15, 0.2) is 42.5 Å². The van der Waals surface area contributed by atoms with E-state index in [0.29, 0.717) is 22.8 Å². The predicted molar refractivity (Wildman–Crippen MR) is 98.7 cm³/mol. The van der Waals surface area contributed by atoms with E-state index in [0.717, 1.165) is 11.3 Å². The van der Waals surface area contributed by atoms with Crippen LogP contribution in [0.1, 0.15) is 18.9 Å². The van der Waals surface area contributed by atoms with E-state index in [1.165, 1.54) is 0 Å². The molecule has 0 aliphatic heterocycles. The van der Waals surface area contributed by atoms with E-state index >= 15 is 0 Å². The number of nitrogens with one attached hydrogen (secondary N) is 3. The lowest BCUT2D eigenvalue weighted by molar-refractivity contribution is -0.116. The van der Waals surface area contributed by atoms with Gasteiger partial charge in [-0.2, -0.15) is 0 Å². The Bertz CT molecular complexity index is 747. The topological polar surface area (TPSA) is 70.2 Å². The molecular formula is C18H20ClN3O2. The summed E-state index contributed by atoms with van der Waals surface area (Å²) in [5, 5.41) is 9.21. The van der Waals surface area contributed by atoms with Crippen LogP contribution in [0.4, 0.5) is 17.1 Å². The molecule has 0 bridgehead atoms. The number of amides is 2. The third-order valence-corrected chi connectivity index (χ3v) is 3.78. The fourth-order valence-electron chi connectivity index (χ4n) is 2.01. The highest BCUT2D eigenvalue weighted by Crippen LogP contribution is 2.20. The Morgan fingerprint density at radius 1 is 0.958 bits per heavy atom. The van der Waals surface area contributed by atoms with Crippen molar-refractivity contribution in [3.8, 4) is 0 Å². The van der Waals surface area contributed by atoms with E-state index in [1.807, 2.05) is 19.1 Å². The molecule has 3 N–H and O–H groups in total. The molecule has 0 radical (unpaired) electrons. The first-order valence-corrected chi connectivity index (χ1v) is 8.05. The van der Waals surface area contributed by atoms with Crippen LogP contribution in [0, 0.1) is 6.92 Å². The zero-order chi connectivity index (χ0) is 17.5. The van der Waals surface area contributed by atoms with Crippen LogP contribution in [0.2, 0.25) is 5.02 Å². The number of halogens is 1. The van der Waals surface area contributed by atoms with Crippen molar-refractivity contribution in [1.82, 2.24) is 0 Å². The second kappa shape index (κ2) is 8.36. The second-order valence-electron chi connectivity index (χ2n) is 5.35. The summed E-state index contributed by atoms with van der Waals surface area (Å²) in [6.45, 7) is 3.82. The van der Waals surface area contributed by atoms with Gasteiger partial charge in [0, 0.05) is 28.5 Å². The van der Waals surface area contributed by atoms with Gasteiger partial charge in [-0.25, -0.2) is 0 Å². The Kier molecular flexibility index (Phi) is 6.21. The highest BCUT2D eigenvalue weighted by Gasteiger charge is 2.05. The molecule has 0 fully saturated rings. The van der Waals surface area contributed by atoms with Crippen molar-refractivity contribution in [2.24, 2.45) is 0 Å². The Balaban J connectivity index is 1.91. The maximum atomic E-state index is 12.0. The highest BCUT2D eigenvalue weighted by atomic mass is 35.5. The first-order valence-electron chi connectivity index (χ1n) is 7.67. The number of carbonyl (C=O) groups excluding carboxylic acids is 2. The van der Waals surface area contributed by atoms with Crippen molar-refractivity contribution < 1.29 is 9.59 Å². The normalized spacial score (nSPS) is 10.1. The zero-order valence-electron chi connectivity index (χ0n) is 13.7. The van der Waals surface area contributed by atoms with Gasteiger partial charge < -0.3 is 16.0 Å². The maximum absolute atomic E-state index is 12.0. The van der Waals surface area contributed by atoms with E-state index in [1.54, 1.807) is 37.3 Å². The first kappa shape index (κ1) is 17.8. The predicted octanol–water partition coefficient (Wildman–Crippen LogP) is 4.05. The van der Waals surface area contributed by atoms with Crippen molar-refractivity contribution in [3.63, 3.8) is 0 Å². The van der Waals surface area contributed by atoms with Crippen molar-refractivity contribution in [1.29, 1.82) is 0 Å². The number of aryl methyl sites for hydroxylation is 1. The molecular weight excluding hydrogens is 326 g/mol. The van der Waals surface area contributed by atoms with Crippen molar-refractivity contribution in [2.45, 2.75) is 20.3 Å². The van der Waals surface area contributed by atoms with Crippen molar-refractivity contribution >= 4 is 40.5 Å². The van der Waals surface area contributed by atoms with Crippen LogP contribution in [0.5, 0.6) is 0 Å². The number of benzene rings is 2. The summed E-state index contributed by atoms with van der Waals surface area (Å²) >= 11 is 6.05. The molecule has 0 atom stereocenters. The van der Waals surface area contributed by atoms with Crippen LogP contribution in [-0.2, 0) is 9.59 Å². The van der Waals surface area contributed by atoms with E-state index < -0.39 is 0 Å². The van der Waals surface area contributed by atoms with Gasteiger partial charge in [0.15, 0.2) is 0 Å². The third kappa shape index (κ3) is 5.28. The van der Waals surface area contributed by atoms with Crippen LogP contribution >= 0.6 is 11.6 Å². The van der Waals surface area contributed by atoms with E-state index in [-0.39, 0.29) is 18.4 Å². The summed E-state index contributed by atoms with van der Waals surface area (Å²) in [5.74, 6) is -0.262. The van der Waals surface area contributed by atoms with Gasteiger partial charge >= 0.3 is 0 Å². The van der Waals surface area contributed by atoms with Gasteiger partial charge in [0.2, 0.25) is 11.8 Å². The Morgan fingerprint density at radius 2 is 1.62 bits per heavy atom.